The lowest BCUT2D eigenvalue weighted by molar-refractivity contribution is -0.143. The van der Waals surface area contributed by atoms with E-state index in [9.17, 15) is 41.0 Å². The number of alkyl halides is 6. The van der Waals surface area contributed by atoms with Gasteiger partial charge in [0.05, 0.1) is 42.5 Å². The molecule has 13 heteroatoms. The third-order valence-electron chi connectivity index (χ3n) is 7.26. The van der Waals surface area contributed by atoms with Gasteiger partial charge in [-0.2, -0.15) is 26.3 Å². The van der Waals surface area contributed by atoms with E-state index in [1.807, 2.05) is 0 Å². The van der Waals surface area contributed by atoms with Crippen LogP contribution in [0.3, 0.4) is 0 Å². The van der Waals surface area contributed by atoms with Gasteiger partial charge in [0.2, 0.25) is 0 Å². The lowest BCUT2D eigenvalue weighted by Crippen LogP contribution is -2.64. The number of β-amino-alcohol motifs (C(OH)–C–C–N with tert-alkyl or cyclic N) is 1. The number of aliphatic hydroxyl groups is 1. The van der Waals surface area contributed by atoms with Crippen LogP contribution in [0.4, 0.5) is 31.1 Å². The van der Waals surface area contributed by atoms with Crippen LogP contribution >= 0.6 is 0 Å². The molecule has 2 aromatic carbocycles. The molecule has 0 saturated carbocycles. The van der Waals surface area contributed by atoms with E-state index in [1.54, 1.807) is 30.3 Å². The van der Waals surface area contributed by atoms with Crippen molar-refractivity contribution in [3.05, 3.63) is 70.8 Å². The zero-order chi connectivity index (χ0) is 28.6. The van der Waals surface area contributed by atoms with E-state index in [-0.39, 0.29) is 44.2 Å². The van der Waals surface area contributed by atoms with Gasteiger partial charge in [0.25, 0.3) is 5.91 Å². The van der Waals surface area contributed by atoms with Crippen LogP contribution < -0.4 is 10.6 Å². The molecule has 2 aliphatic heterocycles. The van der Waals surface area contributed by atoms with E-state index in [0.29, 0.717) is 12.1 Å². The predicted octanol–water partition coefficient (Wildman–Crippen LogP) is 4.36. The van der Waals surface area contributed by atoms with Crippen LogP contribution in [0.25, 0.3) is 0 Å². The van der Waals surface area contributed by atoms with Crippen molar-refractivity contribution in [2.75, 3.05) is 26.3 Å². The lowest BCUT2D eigenvalue weighted by atomic mass is 9.76. The van der Waals surface area contributed by atoms with Gasteiger partial charge in [0.1, 0.15) is 5.54 Å². The third kappa shape index (κ3) is 5.75. The Morgan fingerprint density at radius 2 is 1.62 bits per heavy atom. The van der Waals surface area contributed by atoms with Gasteiger partial charge in [0, 0.05) is 6.54 Å². The van der Waals surface area contributed by atoms with E-state index in [1.165, 1.54) is 6.92 Å². The number of ether oxygens (including phenoxy) is 1. The van der Waals surface area contributed by atoms with E-state index in [4.69, 9.17) is 4.74 Å². The number of urea groups is 1. The van der Waals surface area contributed by atoms with Crippen LogP contribution in [-0.4, -0.2) is 53.8 Å². The summed E-state index contributed by atoms with van der Waals surface area (Å²) in [4.78, 5) is 26.2. The van der Waals surface area contributed by atoms with E-state index in [0.717, 1.165) is 10.5 Å². The van der Waals surface area contributed by atoms with Crippen LogP contribution in [0.2, 0.25) is 0 Å². The molecule has 3 amide bonds. The summed E-state index contributed by atoms with van der Waals surface area (Å²) in [6.45, 7) is 0.663. The number of benzene rings is 2. The normalized spacial score (nSPS) is 24.8. The standard InChI is InChI=1S/C26H27F6N3O4/c1-16(17-11-19(25(27,28)29)13-20(12-17)26(30,31)32)39-15-24(18-5-3-2-4-6-18)8-7-23(14-33-24)21(37)35(9-10-36)22(38)34-23/h2-6,11-13,16,33,36H,7-10,14-15H2,1H3,(H,34,38)/t16-,23+,24-/m1/s1. The van der Waals surface area contributed by atoms with Crippen molar-refractivity contribution in [1.82, 2.24) is 15.5 Å². The molecule has 3 N–H and O–H groups in total. The number of nitrogens with one attached hydrogen (secondary N) is 2. The molecule has 0 bridgehead atoms. The SMILES string of the molecule is C[C@@H](OC[C@@]1(c2ccccc2)CC[C@@]2(CN1)NC(=O)N(CCO)C2=O)c1cc(C(F)(F)F)cc(C(F)(F)F)c1. The van der Waals surface area contributed by atoms with E-state index < -0.39 is 59.2 Å². The van der Waals surface area contributed by atoms with Crippen LogP contribution in [0.1, 0.15) is 48.1 Å². The fourth-order valence-corrected chi connectivity index (χ4v) is 4.98. The molecule has 0 unspecified atom stereocenters. The van der Waals surface area contributed by atoms with Crippen LogP contribution in [-0.2, 0) is 27.4 Å². The van der Waals surface area contributed by atoms with Crippen LogP contribution in [0.15, 0.2) is 48.5 Å². The van der Waals surface area contributed by atoms with Crippen molar-refractivity contribution in [2.45, 2.75) is 49.3 Å². The van der Waals surface area contributed by atoms with Crippen molar-refractivity contribution in [3.8, 4) is 0 Å². The second-order valence-corrected chi connectivity index (χ2v) is 9.79. The monoisotopic (exact) mass is 559 g/mol. The number of hydrogen-bond donors (Lipinski definition) is 3. The predicted molar refractivity (Wildman–Crippen MR) is 126 cm³/mol. The second-order valence-electron chi connectivity index (χ2n) is 9.79. The lowest BCUT2D eigenvalue weighted by Gasteiger charge is -2.45. The Morgan fingerprint density at radius 1 is 1.00 bits per heavy atom. The number of carbonyl (C=O) groups is 2. The molecule has 3 atom stereocenters. The Labute approximate surface area is 220 Å². The number of nitrogens with zero attached hydrogens (tertiary/aromatic N) is 1. The quantitative estimate of drug-likeness (QED) is 0.347. The van der Waals surface area contributed by atoms with Crippen molar-refractivity contribution in [1.29, 1.82) is 0 Å². The molecule has 1 spiro atoms. The molecular weight excluding hydrogens is 532 g/mol. The summed E-state index contributed by atoms with van der Waals surface area (Å²) in [5.41, 5.74) is -4.62. The Hall–Kier alpha value is -3.16. The topological polar surface area (TPSA) is 90.9 Å². The molecule has 212 valence electrons. The van der Waals surface area contributed by atoms with Gasteiger partial charge in [-0.25, -0.2) is 4.79 Å². The summed E-state index contributed by atoms with van der Waals surface area (Å²) in [5.74, 6) is -0.492. The van der Waals surface area contributed by atoms with Crippen LogP contribution in [0.5, 0.6) is 0 Å². The highest BCUT2D eigenvalue weighted by Gasteiger charge is 2.55. The highest BCUT2D eigenvalue weighted by atomic mass is 19.4. The molecule has 0 aliphatic carbocycles. The first kappa shape index (κ1) is 28.8. The molecule has 2 heterocycles. The minimum absolute atomic E-state index is 0.00603. The molecule has 0 aromatic heterocycles. The zero-order valence-electron chi connectivity index (χ0n) is 20.8. The maximum absolute atomic E-state index is 13.3. The van der Waals surface area contributed by atoms with Crippen molar-refractivity contribution in [2.24, 2.45) is 0 Å². The van der Waals surface area contributed by atoms with Gasteiger partial charge < -0.3 is 20.5 Å². The van der Waals surface area contributed by atoms with Gasteiger partial charge in [0.15, 0.2) is 0 Å². The maximum atomic E-state index is 13.3. The molecule has 2 aromatic rings. The van der Waals surface area contributed by atoms with Crippen molar-refractivity contribution >= 4 is 11.9 Å². The number of halogens is 6. The van der Waals surface area contributed by atoms with Crippen molar-refractivity contribution in [3.63, 3.8) is 0 Å². The summed E-state index contributed by atoms with van der Waals surface area (Å²) in [6.07, 6.45) is -10.7. The summed E-state index contributed by atoms with van der Waals surface area (Å²) >= 11 is 0. The molecule has 0 radical (unpaired) electrons. The Kier molecular flexibility index (Phi) is 7.71. The second kappa shape index (κ2) is 10.4. The van der Waals surface area contributed by atoms with Gasteiger partial charge in [-0.15, -0.1) is 0 Å². The average molecular weight is 560 g/mol. The number of rotatable bonds is 7. The highest BCUT2D eigenvalue weighted by molar-refractivity contribution is 6.07. The van der Waals surface area contributed by atoms with Gasteiger partial charge in [-0.1, -0.05) is 30.3 Å². The number of piperidine rings is 1. The molecule has 39 heavy (non-hydrogen) atoms. The molecule has 4 rings (SSSR count). The Bertz CT molecular complexity index is 1180. The smallest absolute Gasteiger partial charge is 0.395 e. The van der Waals surface area contributed by atoms with Gasteiger partial charge in [-0.05, 0) is 49.1 Å². The molecule has 2 saturated heterocycles. The summed E-state index contributed by atoms with van der Waals surface area (Å²) in [7, 11) is 0. The molecule has 2 aliphatic rings. The fourth-order valence-electron chi connectivity index (χ4n) is 4.98. The Balaban J connectivity index is 1.58. The first-order valence-corrected chi connectivity index (χ1v) is 12.2. The summed E-state index contributed by atoms with van der Waals surface area (Å²) < 4.78 is 86.0. The van der Waals surface area contributed by atoms with E-state index in [2.05, 4.69) is 10.6 Å². The van der Waals surface area contributed by atoms with Gasteiger partial charge in [-0.3, -0.25) is 9.69 Å². The summed E-state index contributed by atoms with van der Waals surface area (Å²) in [5, 5.41) is 15.1. The molecule has 7 nitrogen and oxygen atoms in total. The minimum atomic E-state index is -4.98. The molecule has 2 fully saturated rings. The number of imide groups is 1. The number of amides is 3. The number of aliphatic hydroxyl groups excluding tert-OH is 1. The average Bonchev–Trinajstić information content (AvgIpc) is 3.12. The third-order valence-corrected chi connectivity index (χ3v) is 7.26. The first-order chi connectivity index (χ1) is 18.2. The highest BCUT2D eigenvalue weighted by Crippen LogP contribution is 2.40. The molecular formula is C26H27F6N3O4. The fraction of sp³-hybridized carbons (Fsp3) is 0.462. The number of carbonyl (C=O) groups excluding carboxylic acids is 2. The maximum Gasteiger partial charge on any atom is 0.416 e. The van der Waals surface area contributed by atoms with Gasteiger partial charge >= 0.3 is 18.4 Å². The zero-order valence-corrected chi connectivity index (χ0v) is 20.8. The number of hydrogen-bond acceptors (Lipinski definition) is 5. The summed E-state index contributed by atoms with van der Waals surface area (Å²) in [6, 6.07) is 9.60. The minimum Gasteiger partial charge on any atom is -0.395 e. The van der Waals surface area contributed by atoms with Crippen molar-refractivity contribution < 1.29 is 45.8 Å². The van der Waals surface area contributed by atoms with E-state index >= 15 is 0 Å². The first-order valence-electron chi connectivity index (χ1n) is 12.2. The van der Waals surface area contributed by atoms with Crippen LogP contribution in [0, 0.1) is 0 Å². The Morgan fingerprint density at radius 3 is 2.13 bits per heavy atom. The largest absolute Gasteiger partial charge is 0.416 e.